The van der Waals surface area contributed by atoms with Gasteiger partial charge in [-0.2, -0.15) is 5.10 Å². The third kappa shape index (κ3) is 11.0. The van der Waals surface area contributed by atoms with Crippen LogP contribution in [0.2, 0.25) is 0 Å². The Balaban J connectivity index is 1.23. The molecule has 1 saturated heterocycles. The molecule has 0 bridgehead atoms. The van der Waals surface area contributed by atoms with Crippen LogP contribution in [0.5, 0.6) is 5.75 Å². The first-order valence-electron chi connectivity index (χ1n) is 18.3. The molecule has 4 aromatic rings. The summed E-state index contributed by atoms with van der Waals surface area (Å²) < 4.78 is 43.2. The normalized spacial score (nSPS) is 18.4. The fourth-order valence-electron chi connectivity index (χ4n) is 6.73. The number of aromatic nitrogens is 3. The zero-order chi connectivity index (χ0) is 36.7. The second kappa shape index (κ2) is 20.1. The molecule has 13 heteroatoms. The lowest BCUT2D eigenvalue weighted by Gasteiger charge is -2.43. The zero-order valence-electron chi connectivity index (χ0n) is 30.7. The maximum absolute atomic E-state index is 13.7. The van der Waals surface area contributed by atoms with Crippen LogP contribution >= 0.6 is 0 Å². The van der Waals surface area contributed by atoms with Crippen LogP contribution in [0, 0.1) is 0 Å². The number of rotatable bonds is 19. The highest BCUT2D eigenvalue weighted by Gasteiger charge is 2.41. The number of hydrogen-bond donors (Lipinski definition) is 0. The van der Waals surface area contributed by atoms with E-state index in [-0.39, 0.29) is 12.5 Å². The largest absolute Gasteiger partial charge is 0.490 e. The Morgan fingerprint density at radius 1 is 0.811 bits per heavy atom. The summed E-state index contributed by atoms with van der Waals surface area (Å²) in [6, 6.07) is 24.3. The molecule has 13 nitrogen and oxygen atoms in total. The summed E-state index contributed by atoms with van der Waals surface area (Å²) in [6.07, 6.45) is 2.89. The lowest BCUT2D eigenvalue weighted by Crippen LogP contribution is -2.54. The van der Waals surface area contributed by atoms with Crippen molar-refractivity contribution in [2.45, 2.75) is 50.9 Å². The Labute approximate surface area is 311 Å². The fourth-order valence-corrected chi connectivity index (χ4v) is 6.73. The Kier molecular flexibility index (Phi) is 14.5. The number of likely N-dealkylation sites (tertiary alicyclic amines) is 1. The molecule has 3 heterocycles. The number of nitrogens with zero attached hydrogens (tertiary/aromatic N) is 5. The van der Waals surface area contributed by atoms with Crippen LogP contribution in [0.1, 0.15) is 34.6 Å². The van der Waals surface area contributed by atoms with E-state index in [9.17, 15) is 4.79 Å². The summed E-state index contributed by atoms with van der Waals surface area (Å²) in [7, 11) is 3.39. The van der Waals surface area contributed by atoms with Gasteiger partial charge in [-0.1, -0.05) is 60.7 Å². The van der Waals surface area contributed by atoms with Crippen molar-refractivity contribution in [3.63, 3.8) is 0 Å². The number of fused-ring (bicyclic) bond motifs is 1. The average Bonchev–Trinajstić information content (AvgIpc) is 3.72. The van der Waals surface area contributed by atoms with Crippen molar-refractivity contribution in [3.05, 3.63) is 108 Å². The molecule has 53 heavy (non-hydrogen) atoms. The first-order valence-corrected chi connectivity index (χ1v) is 18.3. The highest BCUT2D eigenvalue weighted by Crippen LogP contribution is 2.36. The van der Waals surface area contributed by atoms with E-state index in [4.69, 9.17) is 33.2 Å². The van der Waals surface area contributed by atoms with Gasteiger partial charge in [0.15, 0.2) is 0 Å². The first kappa shape index (κ1) is 38.2. The molecule has 1 fully saturated rings. The smallest absolute Gasteiger partial charge is 0.410 e. The van der Waals surface area contributed by atoms with Crippen LogP contribution in [-0.4, -0.2) is 111 Å². The van der Waals surface area contributed by atoms with Crippen LogP contribution < -0.4 is 9.64 Å². The van der Waals surface area contributed by atoms with Crippen molar-refractivity contribution < 1.29 is 38.0 Å². The van der Waals surface area contributed by atoms with Gasteiger partial charge in [0.05, 0.1) is 77.1 Å². The Morgan fingerprint density at radius 2 is 1.58 bits per heavy atom. The van der Waals surface area contributed by atoms with Crippen LogP contribution in [0.25, 0.3) is 0 Å². The van der Waals surface area contributed by atoms with Gasteiger partial charge >= 0.3 is 6.09 Å². The van der Waals surface area contributed by atoms with Gasteiger partial charge in [-0.3, -0.25) is 4.68 Å². The predicted molar refractivity (Wildman–Crippen MR) is 198 cm³/mol. The summed E-state index contributed by atoms with van der Waals surface area (Å²) in [6.45, 7) is 6.66. The third-order valence-corrected chi connectivity index (χ3v) is 9.47. The molecule has 3 atom stereocenters. The molecular formula is C40H51N5O8. The number of anilines is 1. The SMILES string of the molecule is COCCCN1CCOc2ccc(CO[C@H]3CN(C(=O)OCc4ccccc4)C[C@@H](OCCn4cncn4)[C@@H]3c3ccc(COCCOC)cc3)cc21. The number of hydrogen-bond acceptors (Lipinski definition) is 11. The molecular weight excluding hydrogens is 678 g/mol. The molecule has 2 aliphatic heterocycles. The van der Waals surface area contributed by atoms with Gasteiger partial charge in [-0.15, -0.1) is 0 Å². The molecule has 0 radical (unpaired) electrons. The Bertz CT molecular complexity index is 1660. The molecule has 0 aliphatic carbocycles. The van der Waals surface area contributed by atoms with E-state index in [0.29, 0.717) is 65.9 Å². The number of carbonyl (C=O) groups excluding carboxylic acids is 1. The second-order valence-corrected chi connectivity index (χ2v) is 13.2. The number of methoxy groups -OCH3 is 2. The summed E-state index contributed by atoms with van der Waals surface area (Å²) in [5.41, 5.74) is 5.10. The minimum absolute atomic E-state index is 0.176. The third-order valence-electron chi connectivity index (χ3n) is 9.47. The fraction of sp³-hybridized carbons (Fsp3) is 0.475. The molecule has 1 aromatic heterocycles. The maximum atomic E-state index is 13.7. The lowest BCUT2D eigenvalue weighted by atomic mass is 9.84. The molecule has 0 spiro atoms. The average molecular weight is 730 g/mol. The number of carbonyl (C=O) groups is 1. The van der Waals surface area contributed by atoms with E-state index in [1.54, 1.807) is 30.1 Å². The summed E-state index contributed by atoms with van der Waals surface area (Å²) in [4.78, 5) is 21.8. The molecule has 6 rings (SSSR count). The first-order chi connectivity index (χ1) is 26.1. The topological polar surface area (TPSA) is 119 Å². The van der Waals surface area contributed by atoms with Crippen molar-refractivity contribution in [2.75, 3.05) is 78.3 Å². The van der Waals surface area contributed by atoms with Gasteiger partial charge in [0.1, 0.15) is 31.6 Å². The summed E-state index contributed by atoms with van der Waals surface area (Å²) >= 11 is 0. The van der Waals surface area contributed by atoms with Crippen molar-refractivity contribution in [2.24, 2.45) is 0 Å². The number of benzene rings is 3. The monoisotopic (exact) mass is 729 g/mol. The Morgan fingerprint density at radius 3 is 2.36 bits per heavy atom. The van der Waals surface area contributed by atoms with Crippen LogP contribution in [-0.2, 0) is 54.8 Å². The van der Waals surface area contributed by atoms with Gasteiger partial charge in [-0.05, 0) is 40.8 Å². The highest BCUT2D eigenvalue weighted by atomic mass is 16.6. The molecule has 0 N–H and O–H groups in total. The van der Waals surface area contributed by atoms with Crippen LogP contribution in [0.3, 0.4) is 0 Å². The van der Waals surface area contributed by atoms with Crippen molar-refractivity contribution >= 4 is 11.8 Å². The van der Waals surface area contributed by atoms with E-state index < -0.39 is 18.3 Å². The molecule has 284 valence electrons. The van der Waals surface area contributed by atoms with Crippen molar-refractivity contribution in [1.29, 1.82) is 0 Å². The minimum Gasteiger partial charge on any atom is -0.490 e. The quantitative estimate of drug-likeness (QED) is 0.120. The van der Waals surface area contributed by atoms with Gasteiger partial charge in [-0.25, -0.2) is 9.78 Å². The molecule has 3 aromatic carbocycles. The van der Waals surface area contributed by atoms with E-state index >= 15 is 0 Å². The van der Waals surface area contributed by atoms with E-state index in [1.807, 2.05) is 42.5 Å². The molecule has 0 saturated carbocycles. The van der Waals surface area contributed by atoms with E-state index in [1.165, 1.54) is 6.33 Å². The van der Waals surface area contributed by atoms with Gasteiger partial charge in [0.25, 0.3) is 0 Å². The molecule has 1 amide bonds. The van der Waals surface area contributed by atoms with Gasteiger partial charge in [0, 0.05) is 33.3 Å². The summed E-state index contributed by atoms with van der Waals surface area (Å²) in [5, 5.41) is 4.23. The lowest BCUT2D eigenvalue weighted by molar-refractivity contribution is -0.0929. The number of ether oxygens (including phenoxy) is 7. The molecule has 0 unspecified atom stereocenters. The summed E-state index contributed by atoms with van der Waals surface area (Å²) in [5.74, 6) is 0.686. The number of piperidine rings is 1. The second-order valence-electron chi connectivity index (χ2n) is 13.2. The van der Waals surface area contributed by atoms with Crippen molar-refractivity contribution in [3.8, 4) is 5.75 Å². The van der Waals surface area contributed by atoms with Crippen molar-refractivity contribution in [1.82, 2.24) is 19.7 Å². The Hall–Kier alpha value is -4.53. The van der Waals surface area contributed by atoms with Gasteiger partial charge < -0.3 is 43.0 Å². The van der Waals surface area contributed by atoms with E-state index in [0.717, 1.165) is 53.2 Å². The maximum Gasteiger partial charge on any atom is 0.410 e. The standard InChI is InChI=1S/C40H51N5O8/c1-47-18-6-15-43-16-19-50-36-14-11-33(23-35(36)43)28-52-38-25-44(40(46)53-27-31-7-4-3-5-8-31)24-37(51-20-17-45-30-41-29-42-45)39(38)34-12-9-32(10-13-34)26-49-22-21-48-2/h3-5,7-14,23,29-30,37-39H,6,15-22,24-28H2,1-2H3/t37-,38+,39+/m1/s1. The van der Waals surface area contributed by atoms with Crippen LogP contribution in [0.15, 0.2) is 85.5 Å². The van der Waals surface area contributed by atoms with Gasteiger partial charge in [0.2, 0.25) is 0 Å². The zero-order valence-corrected chi connectivity index (χ0v) is 30.7. The van der Waals surface area contributed by atoms with Crippen LogP contribution in [0.4, 0.5) is 10.5 Å². The predicted octanol–water partition coefficient (Wildman–Crippen LogP) is 5.08. The van der Waals surface area contributed by atoms with E-state index in [2.05, 4.69) is 45.3 Å². The highest BCUT2D eigenvalue weighted by molar-refractivity contribution is 5.68. The number of amides is 1. The minimum atomic E-state index is -0.410. The molecule has 2 aliphatic rings.